The molecule has 1 aromatic carbocycles. The minimum Gasteiger partial charge on any atom is -0.348 e. The topological polar surface area (TPSA) is 62.6 Å². The molecule has 5 heteroatoms. The van der Waals surface area contributed by atoms with Gasteiger partial charge in [-0.1, -0.05) is 30.3 Å². The fraction of sp³-hybridized carbons (Fsp3) is 0.529. The molecule has 120 valence electrons. The van der Waals surface area contributed by atoms with Crippen LogP contribution < -0.4 is 15.5 Å². The molecule has 0 spiro atoms. The first-order valence-electron chi connectivity index (χ1n) is 8.02. The third kappa shape index (κ3) is 4.84. The van der Waals surface area contributed by atoms with Gasteiger partial charge in [0.15, 0.2) is 12.6 Å². The smallest absolute Gasteiger partial charge is 0.278 e. The Kier molecular flexibility index (Phi) is 5.95. The Hall–Kier alpha value is -1.88. The molecular weight excluding hydrogens is 278 g/mol. The maximum atomic E-state index is 12.3. The van der Waals surface area contributed by atoms with Gasteiger partial charge in [0.2, 0.25) is 0 Å². The van der Waals surface area contributed by atoms with Crippen LogP contribution in [-0.2, 0) is 16.0 Å². The molecule has 22 heavy (non-hydrogen) atoms. The van der Waals surface area contributed by atoms with Gasteiger partial charge in [-0.3, -0.25) is 9.59 Å². The lowest BCUT2D eigenvalue weighted by atomic mass is 10.1. The molecule has 1 unspecified atom stereocenters. The second kappa shape index (κ2) is 7.94. The van der Waals surface area contributed by atoms with Crippen molar-refractivity contribution in [2.24, 2.45) is 0 Å². The van der Waals surface area contributed by atoms with Gasteiger partial charge in [-0.05, 0) is 32.3 Å². The van der Waals surface area contributed by atoms with Crippen LogP contribution >= 0.6 is 0 Å². The number of rotatable bonds is 6. The number of hydrogen-bond acceptors (Lipinski definition) is 2. The van der Waals surface area contributed by atoms with Crippen LogP contribution in [0.25, 0.3) is 0 Å². The van der Waals surface area contributed by atoms with E-state index in [1.807, 2.05) is 32.0 Å². The molecule has 1 heterocycles. The summed E-state index contributed by atoms with van der Waals surface area (Å²) in [5, 5.41) is 5.86. The predicted octanol–water partition coefficient (Wildman–Crippen LogP) is -0.473. The lowest BCUT2D eigenvalue weighted by molar-refractivity contribution is -0.907. The van der Waals surface area contributed by atoms with Crippen LogP contribution in [0.5, 0.6) is 0 Å². The van der Waals surface area contributed by atoms with Gasteiger partial charge in [0.25, 0.3) is 11.8 Å². The van der Waals surface area contributed by atoms with E-state index in [1.54, 1.807) is 0 Å². The van der Waals surface area contributed by atoms with Crippen molar-refractivity contribution in [3.05, 3.63) is 35.9 Å². The number of quaternary nitrogens is 1. The average molecular weight is 304 g/mol. The van der Waals surface area contributed by atoms with Crippen LogP contribution in [0.1, 0.15) is 25.8 Å². The summed E-state index contributed by atoms with van der Waals surface area (Å²) in [6, 6.07) is 10.2. The summed E-state index contributed by atoms with van der Waals surface area (Å²) in [7, 11) is 0. The van der Waals surface area contributed by atoms with Gasteiger partial charge < -0.3 is 15.5 Å². The van der Waals surface area contributed by atoms with Crippen LogP contribution in [0.3, 0.4) is 0 Å². The lowest BCUT2D eigenvalue weighted by Gasteiger charge is -2.29. The van der Waals surface area contributed by atoms with Crippen LogP contribution in [-0.4, -0.2) is 43.5 Å². The number of carbonyl (C=O) groups is 2. The van der Waals surface area contributed by atoms with Crippen LogP contribution in [0, 0.1) is 0 Å². The first-order chi connectivity index (χ1) is 10.6. The van der Waals surface area contributed by atoms with Crippen molar-refractivity contribution in [1.82, 2.24) is 10.6 Å². The molecule has 0 bridgehead atoms. The largest absolute Gasteiger partial charge is 0.348 e. The molecule has 1 aliphatic rings. The van der Waals surface area contributed by atoms with E-state index in [-0.39, 0.29) is 23.9 Å². The van der Waals surface area contributed by atoms with E-state index in [9.17, 15) is 9.59 Å². The van der Waals surface area contributed by atoms with Gasteiger partial charge in [-0.2, -0.15) is 0 Å². The predicted molar refractivity (Wildman–Crippen MR) is 85.5 cm³/mol. The maximum Gasteiger partial charge on any atom is 0.278 e. The second-order valence-electron chi connectivity index (χ2n) is 6.09. The van der Waals surface area contributed by atoms with E-state index >= 15 is 0 Å². The fourth-order valence-corrected chi connectivity index (χ4v) is 2.74. The minimum absolute atomic E-state index is 0.0260. The highest BCUT2D eigenvalue weighted by Gasteiger charge is 2.30. The Morgan fingerprint density at radius 3 is 2.73 bits per heavy atom. The summed E-state index contributed by atoms with van der Waals surface area (Å²) in [5.74, 6) is 0.0586. The van der Waals surface area contributed by atoms with Crippen LogP contribution in [0.4, 0.5) is 0 Å². The quantitative estimate of drug-likeness (QED) is 0.665. The number of carbonyl (C=O) groups excluding carboxylic acids is 2. The number of benzene rings is 1. The summed E-state index contributed by atoms with van der Waals surface area (Å²) < 4.78 is 0. The van der Waals surface area contributed by atoms with E-state index in [0.29, 0.717) is 13.1 Å². The first kappa shape index (κ1) is 16.5. The van der Waals surface area contributed by atoms with Crippen molar-refractivity contribution in [3.63, 3.8) is 0 Å². The van der Waals surface area contributed by atoms with Crippen LogP contribution in [0.2, 0.25) is 0 Å². The highest BCUT2D eigenvalue weighted by Crippen LogP contribution is 2.04. The molecule has 1 aliphatic heterocycles. The number of aryl methyl sites for hydroxylation is 1. The van der Waals surface area contributed by atoms with Crippen LogP contribution in [0.15, 0.2) is 30.3 Å². The molecule has 2 amide bonds. The molecule has 5 nitrogen and oxygen atoms in total. The third-order valence-corrected chi connectivity index (χ3v) is 4.26. The molecule has 0 aromatic heterocycles. The Labute approximate surface area is 132 Å². The molecule has 1 aromatic rings. The van der Waals surface area contributed by atoms with E-state index in [1.165, 1.54) is 5.56 Å². The lowest BCUT2D eigenvalue weighted by Crippen LogP contribution is -3.19. The molecule has 3 atom stereocenters. The van der Waals surface area contributed by atoms with E-state index in [0.717, 1.165) is 24.3 Å². The molecule has 1 fully saturated rings. The van der Waals surface area contributed by atoms with E-state index < -0.39 is 0 Å². The first-order valence-corrected chi connectivity index (χ1v) is 8.02. The Morgan fingerprint density at radius 2 is 2.05 bits per heavy atom. The number of amides is 2. The van der Waals surface area contributed by atoms with Crippen molar-refractivity contribution in [3.8, 4) is 0 Å². The van der Waals surface area contributed by atoms with Gasteiger partial charge >= 0.3 is 0 Å². The summed E-state index contributed by atoms with van der Waals surface area (Å²) >= 11 is 0. The number of hydrogen-bond donors (Lipinski definition) is 3. The zero-order chi connectivity index (χ0) is 15.9. The zero-order valence-electron chi connectivity index (χ0n) is 13.4. The van der Waals surface area contributed by atoms with E-state index in [2.05, 4.69) is 22.8 Å². The number of piperazine rings is 1. The standard InChI is InChI=1S/C17H25N3O2/c1-13(8-9-15-6-4-3-5-7-15)19-17(22)14(2)20-11-10-18-16(21)12-20/h3-7,13-14H,8-12H2,1-2H3,(H,18,21)(H,19,22)/p+1/t13-,14-/m0/s1. The monoisotopic (exact) mass is 304 g/mol. The molecule has 1 saturated heterocycles. The molecule has 2 rings (SSSR count). The SMILES string of the molecule is C[C@@H](CCc1ccccc1)NC(=O)[C@H](C)[NH+]1CCNC(=O)C1. The highest BCUT2D eigenvalue weighted by atomic mass is 16.2. The van der Waals surface area contributed by atoms with Crippen molar-refractivity contribution in [2.45, 2.75) is 38.8 Å². The molecule has 0 saturated carbocycles. The Bertz CT molecular complexity index is 504. The molecular formula is C17H26N3O2+. The summed E-state index contributed by atoms with van der Waals surface area (Å²) in [4.78, 5) is 24.8. The number of nitrogens with one attached hydrogen (secondary N) is 3. The summed E-state index contributed by atoms with van der Waals surface area (Å²) in [6.07, 6.45) is 1.87. The Morgan fingerprint density at radius 1 is 1.32 bits per heavy atom. The maximum absolute atomic E-state index is 12.3. The van der Waals surface area contributed by atoms with Gasteiger partial charge in [0.05, 0.1) is 13.1 Å². The Balaban J connectivity index is 1.76. The summed E-state index contributed by atoms with van der Waals surface area (Å²) in [6.45, 7) is 5.76. The third-order valence-electron chi connectivity index (χ3n) is 4.26. The molecule has 0 radical (unpaired) electrons. The second-order valence-corrected chi connectivity index (χ2v) is 6.09. The zero-order valence-corrected chi connectivity index (χ0v) is 13.4. The summed E-state index contributed by atoms with van der Waals surface area (Å²) in [5.41, 5.74) is 1.29. The van der Waals surface area contributed by atoms with Gasteiger partial charge in [0.1, 0.15) is 0 Å². The van der Waals surface area contributed by atoms with Gasteiger partial charge in [-0.15, -0.1) is 0 Å². The molecule has 3 N–H and O–H groups in total. The van der Waals surface area contributed by atoms with E-state index in [4.69, 9.17) is 0 Å². The fourth-order valence-electron chi connectivity index (χ4n) is 2.74. The van der Waals surface area contributed by atoms with Crippen molar-refractivity contribution in [2.75, 3.05) is 19.6 Å². The minimum atomic E-state index is -0.190. The highest BCUT2D eigenvalue weighted by molar-refractivity contribution is 5.81. The van der Waals surface area contributed by atoms with Gasteiger partial charge in [0, 0.05) is 6.04 Å². The van der Waals surface area contributed by atoms with Crippen molar-refractivity contribution in [1.29, 1.82) is 0 Å². The molecule has 0 aliphatic carbocycles. The normalized spacial score (nSPS) is 20.8. The van der Waals surface area contributed by atoms with Crippen molar-refractivity contribution >= 4 is 11.8 Å². The van der Waals surface area contributed by atoms with Gasteiger partial charge in [-0.25, -0.2) is 0 Å². The average Bonchev–Trinajstić information content (AvgIpc) is 2.53. The van der Waals surface area contributed by atoms with Crippen molar-refractivity contribution < 1.29 is 14.5 Å².